The second-order valence-electron chi connectivity index (χ2n) is 5.67. The Morgan fingerprint density at radius 3 is 2.35 bits per heavy atom. The molecule has 5 nitrogen and oxygen atoms in total. The lowest BCUT2D eigenvalue weighted by atomic mass is 10.2. The zero-order valence-electron chi connectivity index (χ0n) is 13.1. The van der Waals surface area contributed by atoms with Crippen molar-refractivity contribution < 1.29 is 12.8 Å². The highest BCUT2D eigenvalue weighted by Crippen LogP contribution is 2.22. The van der Waals surface area contributed by atoms with Gasteiger partial charge in [-0.1, -0.05) is 6.42 Å². The summed E-state index contributed by atoms with van der Waals surface area (Å²) in [7, 11) is -3.38. The number of hydrogen-bond donors (Lipinski definition) is 0. The molecule has 6 heteroatoms. The maximum atomic E-state index is 12.6. The smallest absolute Gasteiger partial charge is 0.243 e. The van der Waals surface area contributed by atoms with Crippen LogP contribution in [0.1, 0.15) is 30.8 Å². The minimum absolute atomic E-state index is 0.326. The van der Waals surface area contributed by atoms with Crippen molar-refractivity contribution in [2.45, 2.75) is 31.1 Å². The molecule has 3 rings (SSSR count). The van der Waals surface area contributed by atoms with E-state index in [0.29, 0.717) is 29.4 Å². The molecule has 1 saturated heterocycles. The van der Waals surface area contributed by atoms with Crippen molar-refractivity contribution >= 4 is 21.9 Å². The number of aryl methyl sites for hydroxylation is 1. The van der Waals surface area contributed by atoms with E-state index in [2.05, 4.69) is 4.99 Å². The molecule has 0 bridgehead atoms. The van der Waals surface area contributed by atoms with Gasteiger partial charge >= 0.3 is 0 Å². The molecule has 0 spiro atoms. The van der Waals surface area contributed by atoms with Crippen molar-refractivity contribution in [3.8, 4) is 0 Å². The van der Waals surface area contributed by atoms with Gasteiger partial charge in [0.15, 0.2) is 0 Å². The molecular formula is C17H20N2O3S. The predicted octanol–water partition coefficient (Wildman–Crippen LogP) is 3.51. The molecule has 1 aliphatic heterocycles. The van der Waals surface area contributed by atoms with E-state index in [1.165, 1.54) is 0 Å². The van der Waals surface area contributed by atoms with E-state index < -0.39 is 10.0 Å². The third kappa shape index (κ3) is 3.71. The average Bonchev–Trinajstić information content (AvgIpc) is 3.00. The topological polar surface area (TPSA) is 62.9 Å². The van der Waals surface area contributed by atoms with Crippen LogP contribution in [0.3, 0.4) is 0 Å². The summed E-state index contributed by atoms with van der Waals surface area (Å²) in [5.74, 6) is 1.50. The van der Waals surface area contributed by atoms with E-state index >= 15 is 0 Å². The van der Waals surface area contributed by atoms with Crippen molar-refractivity contribution in [2.75, 3.05) is 13.1 Å². The van der Waals surface area contributed by atoms with Gasteiger partial charge in [-0.3, -0.25) is 4.99 Å². The molecule has 0 aliphatic carbocycles. The summed E-state index contributed by atoms with van der Waals surface area (Å²) in [5.41, 5.74) is 0.691. The summed E-state index contributed by atoms with van der Waals surface area (Å²) in [6.07, 6.45) is 4.60. The Kier molecular flexibility index (Phi) is 4.63. The maximum absolute atomic E-state index is 12.6. The Bertz CT molecular complexity index is 786. The molecule has 1 aromatic heterocycles. The van der Waals surface area contributed by atoms with Gasteiger partial charge in [-0.15, -0.1) is 0 Å². The molecule has 0 unspecified atom stereocenters. The van der Waals surface area contributed by atoms with E-state index in [0.717, 1.165) is 25.0 Å². The van der Waals surface area contributed by atoms with Crippen molar-refractivity contribution in [2.24, 2.45) is 4.99 Å². The summed E-state index contributed by atoms with van der Waals surface area (Å²) >= 11 is 0. The summed E-state index contributed by atoms with van der Waals surface area (Å²) in [6.45, 7) is 3.09. The lowest BCUT2D eigenvalue weighted by molar-refractivity contribution is 0.346. The third-order valence-corrected chi connectivity index (χ3v) is 5.80. The van der Waals surface area contributed by atoms with Gasteiger partial charge in [0.2, 0.25) is 10.0 Å². The number of hydrogen-bond acceptors (Lipinski definition) is 4. The van der Waals surface area contributed by atoms with Crippen LogP contribution in [0, 0.1) is 6.92 Å². The predicted molar refractivity (Wildman–Crippen MR) is 89.8 cm³/mol. The van der Waals surface area contributed by atoms with E-state index in [1.807, 2.05) is 19.1 Å². The van der Waals surface area contributed by atoms with Crippen molar-refractivity contribution in [3.05, 3.63) is 47.9 Å². The van der Waals surface area contributed by atoms with Gasteiger partial charge in [-0.25, -0.2) is 8.42 Å². The minimum Gasteiger partial charge on any atom is -0.460 e. The molecule has 2 aromatic rings. The van der Waals surface area contributed by atoms with Crippen LogP contribution < -0.4 is 0 Å². The lowest BCUT2D eigenvalue weighted by Gasteiger charge is -2.25. The monoisotopic (exact) mass is 332 g/mol. The fourth-order valence-electron chi connectivity index (χ4n) is 2.62. The fourth-order valence-corrected chi connectivity index (χ4v) is 4.14. The summed E-state index contributed by atoms with van der Waals surface area (Å²) < 4.78 is 32.1. The highest BCUT2D eigenvalue weighted by Gasteiger charge is 2.25. The first-order valence-corrected chi connectivity index (χ1v) is 9.20. The molecule has 0 saturated carbocycles. The molecule has 23 heavy (non-hydrogen) atoms. The highest BCUT2D eigenvalue weighted by molar-refractivity contribution is 7.89. The lowest BCUT2D eigenvalue weighted by Crippen LogP contribution is -2.35. The van der Waals surface area contributed by atoms with Gasteiger partial charge in [0.25, 0.3) is 0 Å². The molecule has 0 radical (unpaired) electrons. The van der Waals surface area contributed by atoms with Crippen LogP contribution in [0.5, 0.6) is 0 Å². The molecule has 122 valence electrons. The van der Waals surface area contributed by atoms with Crippen LogP contribution in [-0.4, -0.2) is 32.0 Å². The summed E-state index contributed by atoms with van der Waals surface area (Å²) in [5, 5.41) is 0. The number of rotatable bonds is 4. The zero-order chi connectivity index (χ0) is 16.3. The maximum Gasteiger partial charge on any atom is 0.243 e. The van der Waals surface area contributed by atoms with Crippen LogP contribution in [0.4, 0.5) is 5.69 Å². The number of piperidine rings is 1. The van der Waals surface area contributed by atoms with Gasteiger partial charge in [-0.05, 0) is 56.2 Å². The van der Waals surface area contributed by atoms with Gasteiger partial charge in [0.1, 0.15) is 11.5 Å². The average molecular weight is 332 g/mol. The third-order valence-electron chi connectivity index (χ3n) is 3.89. The second-order valence-corrected chi connectivity index (χ2v) is 7.60. The van der Waals surface area contributed by atoms with E-state index in [4.69, 9.17) is 4.42 Å². The van der Waals surface area contributed by atoms with Crippen molar-refractivity contribution in [1.82, 2.24) is 4.31 Å². The van der Waals surface area contributed by atoms with Crippen molar-refractivity contribution in [1.29, 1.82) is 0 Å². The summed E-state index contributed by atoms with van der Waals surface area (Å²) in [4.78, 5) is 4.62. The van der Waals surface area contributed by atoms with Gasteiger partial charge in [0, 0.05) is 13.1 Å². The fraction of sp³-hybridized carbons (Fsp3) is 0.353. The molecule has 1 aromatic carbocycles. The zero-order valence-corrected chi connectivity index (χ0v) is 13.9. The van der Waals surface area contributed by atoms with Gasteiger partial charge in [0.05, 0.1) is 16.8 Å². The Balaban J connectivity index is 1.75. The molecule has 1 aliphatic rings. The first kappa shape index (κ1) is 16.0. The number of benzene rings is 1. The SMILES string of the molecule is Cc1ccc(C=Nc2ccc(S(=O)(=O)N3CCCCC3)cc2)o1. The second kappa shape index (κ2) is 6.68. The van der Waals surface area contributed by atoms with Gasteiger partial charge in [-0.2, -0.15) is 4.31 Å². The number of nitrogens with zero attached hydrogens (tertiary/aromatic N) is 2. The molecular weight excluding hydrogens is 312 g/mol. The van der Waals surface area contributed by atoms with Gasteiger partial charge < -0.3 is 4.42 Å². The Labute approximate surface area is 136 Å². The first-order valence-electron chi connectivity index (χ1n) is 7.76. The highest BCUT2D eigenvalue weighted by atomic mass is 32.2. The largest absolute Gasteiger partial charge is 0.460 e. The van der Waals surface area contributed by atoms with Crippen molar-refractivity contribution in [3.63, 3.8) is 0 Å². The van der Waals surface area contributed by atoms with E-state index in [9.17, 15) is 8.42 Å². The van der Waals surface area contributed by atoms with Crippen LogP contribution in [0.15, 0.2) is 50.7 Å². The molecule has 2 heterocycles. The molecule has 0 amide bonds. The Hall–Kier alpha value is -1.92. The first-order chi connectivity index (χ1) is 11.1. The van der Waals surface area contributed by atoms with Crippen LogP contribution in [0.25, 0.3) is 0 Å². The number of sulfonamides is 1. The summed E-state index contributed by atoms with van der Waals surface area (Å²) in [6, 6.07) is 10.4. The normalized spacial score (nSPS) is 16.9. The quantitative estimate of drug-likeness (QED) is 0.805. The Morgan fingerprint density at radius 2 is 1.74 bits per heavy atom. The standard InChI is InChI=1S/C17H20N2O3S/c1-14-5-8-16(22-14)13-18-15-6-9-17(10-7-15)23(20,21)19-11-3-2-4-12-19/h5-10,13H,2-4,11-12H2,1H3. The molecule has 0 N–H and O–H groups in total. The van der Waals surface area contributed by atoms with Crippen LogP contribution in [-0.2, 0) is 10.0 Å². The molecule has 1 fully saturated rings. The Morgan fingerprint density at radius 1 is 1.04 bits per heavy atom. The van der Waals surface area contributed by atoms with E-state index in [-0.39, 0.29) is 0 Å². The van der Waals surface area contributed by atoms with E-state index in [1.54, 1.807) is 34.8 Å². The minimum atomic E-state index is -3.38. The number of aliphatic imine (C=N–C) groups is 1. The van der Waals surface area contributed by atoms with Crippen LogP contribution >= 0.6 is 0 Å². The van der Waals surface area contributed by atoms with Crippen LogP contribution in [0.2, 0.25) is 0 Å². The number of furan rings is 1. The molecule has 0 atom stereocenters.